The van der Waals surface area contributed by atoms with E-state index in [1.54, 1.807) is 13.0 Å². The zero-order valence-corrected chi connectivity index (χ0v) is 11.4. The lowest BCUT2D eigenvalue weighted by molar-refractivity contribution is 0.0527. The van der Waals surface area contributed by atoms with E-state index in [0.29, 0.717) is 17.9 Å². The van der Waals surface area contributed by atoms with Crippen molar-refractivity contribution >= 4 is 17.3 Å². The molecule has 0 amide bonds. The molecule has 0 aliphatic carbocycles. The Balaban J connectivity index is 3.07. The van der Waals surface area contributed by atoms with Crippen LogP contribution in [0.2, 0.25) is 0 Å². The second-order valence-electron chi connectivity index (χ2n) is 4.04. The molecule has 0 spiro atoms. The maximum Gasteiger partial charge on any atom is 0.340 e. The summed E-state index contributed by atoms with van der Waals surface area (Å²) in [6, 6.07) is 5.49. The maximum atomic E-state index is 11.8. The van der Waals surface area contributed by atoms with Crippen LogP contribution in [-0.4, -0.2) is 25.7 Å². The molecular weight excluding hydrogens is 228 g/mol. The van der Waals surface area contributed by atoms with E-state index in [1.807, 2.05) is 12.1 Å². The molecule has 100 valence electrons. The molecule has 1 aromatic carbocycles. The summed E-state index contributed by atoms with van der Waals surface area (Å²) in [5.74, 6) is -0.357. The number of nitrogen functional groups attached to an aromatic ring is 1. The lowest BCUT2D eigenvalue weighted by atomic mass is 10.1. The molecule has 0 saturated carbocycles. The fraction of sp³-hybridized carbons (Fsp3) is 0.500. The zero-order chi connectivity index (χ0) is 13.5. The van der Waals surface area contributed by atoms with Crippen molar-refractivity contribution in [2.75, 3.05) is 30.3 Å². The maximum absolute atomic E-state index is 11.8. The molecule has 0 radical (unpaired) electrons. The van der Waals surface area contributed by atoms with Crippen LogP contribution >= 0.6 is 0 Å². The molecule has 1 aromatic rings. The van der Waals surface area contributed by atoms with Gasteiger partial charge in [0.15, 0.2) is 0 Å². The number of rotatable bonds is 6. The molecule has 2 N–H and O–H groups in total. The highest BCUT2D eigenvalue weighted by Crippen LogP contribution is 2.27. The topological polar surface area (TPSA) is 55.6 Å². The van der Waals surface area contributed by atoms with E-state index in [0.717, 1.165) is 25.2 Å². The van der Waals surface area contributed by atoms with Gasteiger partial charge in [-0.15, -0.1) is 0 Å². The van der Waals surface area contributed by atoms with E-state index >= 15 is 0 Å². The van der Waals surface area contributed by atoms with Crippen LogP contribution in [0, 0.1) is 0 Å². The Hall–Kier alpha value is -1.71. The predicted octanol–water partition coefficient (Wildman–Crippen LogP) is 2.68. The zero-order valence-electron chi connectivity index (χ0n) is 11.4. The number of para-hydroxylation sites is 1. The van der Waals surface area contributed by atoms with Crippen LogP contribution in [0.15, 0.2) is 18.2 Å². The summed E-state index contributed by atoms with van der Waals surface area (Å²) in [5, 5.41) is 0. The molecular formula is C14H22N2O2. The van der Waals surface area contributed by atoms with Gasteiger partial charge in [-0.05, 0) is 32.4 Å². The van der Waals surface area contributed by atoms with E-state index in [4.69, 9.17) is 10.5 Å². The lowest BCUT2D eigenvalue weighted by Crippen LogP contribution is -2.25. The molecule has 18 heavy (non-hydrogen) atoms. The second kappa shape index (κ2) is 6.89. The third-order valence-electron chi connectivity index (χ3n) is 2.79. The average Bonchev–Trinajstić information content (AvgIpc) is 2.37. The van der Waals surface area contributed by atoms with Crippen LogP contribution in [0.1, 0.15) is 37.6 Å². The first kappa shape index (κ1) is 14.4. The van der Waals surface area contributed by atoms with Crippen LogP contribution in [0.5, 0.6) is 0 Å². The number of benzene rings is 1. The largest absolute Gasteiger partial charge is 0.462 e. The Morgan fingerprint density at radius 1 is 1.33 bits per heavy atom. The van der Waals surface area contributed by atoms with Crippen molar-refractivity contribution in [3.05, 3.63) is 23.8 Å². The molecule has 0 bridgehead atoms. The van der Waals surface area contributed by atoms with Crippen molar-refractivity contribution < 1.29 is 9.53 Å². The normalized spacial score (nSPS) is 10.2. The standard InChI is InChI=1S/C14H22N2O2/c1-4-10-16(5-2)12-9-7-8-11(13(12)15)14(17)18-6-3/h7-9H,4-6,10,15H2,1-3H3. The van der Waals surface area contributed by atoms with Crippen molar-refractivity contribution in [1.82, 2.24) is 0 Å². The van der Waals surface area contributed by atoms with E-state index in [1.165, 1.54) is 0 Å². The summed E-state index contributed by atoms with van der Waals surface area (Å²) in [7, 11) is 0. The fourth-order valence-corrected chi connectivity index (χ4v) is 1.93. The van der Waals surface area contributed by atoms with Gasteiger partial charge >= 0.3 is 5.97 Å². The minimum Gasteiger partial charge on any atom is -0.462 e. The molecule has 4 nitrogen and oxygen atoms in total. The van der Waals surface area contributed by atoms with Gasteiger partial charge in [0, 0.05) is 13.1 Å². The third-order valence-corrected chi connectivity index (χ3v) is 2.79. The number of esters is 1. The number of anilines is 2. The number of nitrogens with two attached hydrogens (primary N) is 1. The molecule has 0 saturated heterocycles. The van der Waals surface area contributed by atoms with Crippen LogP contribution in [-0.2, 0) is 4.74 Å². The Kier molecular flexibility index (Phi) is 5.49. The summed E-state index contributed by atoms with van der Waals surface area (Å²) in [4.78, 5) is 13.9. The Bertz CT molecular complexity index is 405. The first-order chi connectivity index (χ1) is 8.65. The minimum atomic E-state index is -0.357. The molecule has 0 aliphatic heterocycles. The van der Waals surface area contributed by atoms with Crippen molar-refractivity contribution in [3.8, 4) is 0 Å². The lowest BCUT2D eigenvalue weighted by Gasteiger charge is -2.24. The highest BCUT2D eigenvalue weighted by atomic mass is 16.5. The summed E-state index contributed by atoms with van der Waals surface area (Å²) in [6.07, 6.45) is 1.04. The summed E-state index contributed by atoms with van der Waals surface area (Å²) < 4.78 is 5.00. The number of hydrogen-bond acceptors (Lipinski definition) is 4. The summed E-state index contributed by atoms with van der Waals surface area (Å²) in [6.45, 7) is 8.12. The van der Waals surface area contributed by atoms with Gasteiger partial charge in [-0.2, -0.15) is 0 Å². The SMILES string of the molecule is CCCN(CC)c1cccc(C(=O)OCC)c1N. The van der Waals surface area contributed by atoms with Gasteiger partial charge in [0.1, 0.15) is 0 Å². The fourth-order valence-electron chi connectivity index (χ4n) is 1.93. The molecule has 0 heterocycles. The minimum absolute atomic E-state index is 0.356. The van der Waals surface area contributed by atoms with E-state index in [-0.39, 0.29) is 5.97 Å². The van der Waals surface area contributed by atoms with Gasteiger partial charge in [0.05, 0.1) is 23.5 Å². The molecule has 0 unspecified atom stereocenters. The number of hydrogen-bond donors (Lipinski definition) is 1. The van der Waals surface area contributed by atoms with Crippen molar-refractivity contribution in [2.45, 2.75) is 27.2 Å². The van der Waals surface area contributed by atoms with Gasteiger partial charge in [0.25, 0.3) is 0 Å². The van der Waals surface area contributed by atoms with Crippen molar-refractivity contribution in [1.29, 1.82) is 0 Å². The van der Waals surface area contributed by atoms with Crippen LogP contribution in [0.3, 0.4) is 0 Å². The van der Waals surface area contributed by atoms with Crippen LogP contribution < -0.4 is 10.6 Å². The molecule has 1 rings (SSSR count). The predicted molar refractivity (Wildman–Crippen MR) is 75.0 cm³/mol. The summed E-state index contributed by atoms with van der Waals surface area (Å²) >= 11 is 0. The summed E-state index contributed by atoms with van der Waals surface area (Å²) in [5.41, 5.74) is 7.94. The number of carbonyl (C=O) groups excluding carboxylic acids is 1. The first-order valence-electron chi connectivity index (χ1n) is 6.46. The van der Waals surface area contributed by atoms with Gasteiger partial charge in [0.2, 0.25) is 0 Å². The van der Waals surface area contributed by atoms with Gasteiger partial charge in [-0.25, -0.2) is 4.79 Å². The molecule has 0 fully saturated rings. The first-order valence-corrected chi connectivity index (χ1v) is 6.46. The average molecular weight is 250 g/mol. The van der Waals surface area contributed by atoms with Crippen molar-refractivity contribution in [2.24, 2.45) is 0 Å². The van der Waals surface area contributed by atoms with Crippen molar-refractivity contribution in [3.63, 3.8) is 0 Å². The van der Waals surface area contributed by atoms with Crippen LogP contribution in [0.4, 0.5) is 11.4 Å². The van der Waals surface area contributed by atoms with E-state index in [9.17, 15) is 4.79 Å². The quantitative estimate of drug-likeness (QED) is 0.623. The smallest absolute Gasteiger partial charge is 0.340 e. The van der Waals surface area contributed by atoms with Gasteiger partial charge in [-0.1, -0.05) is 13.0 Å². The number of carbonyl (C=O) groups is 1. The van der Waals surface area contributed by atoms with E-state index < -0.39 is 0 Å². The Morgan fingerprint density at radius 2 is 2.06 bits per heavy atom. The van der Waals surface area contributed by atoms with Crippen LogP contribution in [0.25, 0.3) is 0 Å². The highest BCUT2D eigenvalue weighted by Gasteiger charge is 2.16. The Morgan fingerprint density at radius 3 is 2.61 bits per heavy atom. The molecule has 4 heteroatoms. The van der Waals surface area contributed by atoms with Gasteiger partial charge in [-0.3, -0.25) is 0 Å². The highest BCUT2D eigenvalue weighted by molar-refractivity contribution is 5.98. The second-order valence-corrected chi connectivity index (χ2v) is 4.04. The number of ether oxygens (including phenoxy) is 1. The van der Waals surface area contributed by atoms with E-state index in [2.05, 4.69) is 18.7 Å². The monoisotopic (exact) mass is 250 g/mol. The third kappa shape index (κ3) is 3.15. The molecule has 0 aromatic heterocycles. The molecule has 0 aliphatic rings. The Labute approximate surface area is 109 Å². The molecule has 0 atom stereocenters. The number of nitrogens with zero attached hydrogens (tertiary/aromatic N) is 1. The van der Waals surface area contributed by atoms with Gasteiger partial charge < -0.3 is 15.4 Å².